The molecule has 1 heterocycles. The van der Waals surface area contributed by atoms with Crippen molar-refractivity contribution >= 4 is 30.2 Å². The number of carbonyl (C=O) groups excluding carboxylic acids is 1. The fourth-order valence-electron chi connectivity index (χ4n) is 4.01. The third-order valence-electron chi connectivity index (χ3n) is 6.98. The molecule has 32 heavy (non-hydrogen) atoms. The Balaban J connectivity index is 1.94. The van der Waals surface area contributed by atoms with Crippen molar-refractivity contribution in [2.45, 2.75) is 70.8 Å². The first-order chi connectivity index (χ1) is 14.8. The van der Waals surface area contributed by atoms with E-state index in [1.807, 2.05) is 25.1 Å². The van der Waals surface area contributed by atoms with Crippen LogP contribution in [-0.4, -0.2) is 31.8 Å². The molecule has 3 rings (SSSR count). The van der Waals surface area contributed by atoms with Crippen LogP contribution in [0.4, 0.5) is 8.78 Å². The number of benzene rings is 2. The fraction of sp³-hybridized carbons (Fsp3) is 0.480. The van der Waals surface area contributed by atoms with E-state index in [4.69, 9.17) is 4.43 Å². The maximum Gasteiger partial charge on any atom is 0.228 e. The van der Waals surface area contributed by atoms with E-state index in [9.17, 15) is 13.6 Å². The highest BCUT2D eigenvalue weighted by molar-refractivity contribution is 9.10. The molecule has 0 fully saturated rings. The Morgan fingerprint density at radius 3 is 2.34 bits per heavy atom. The van der Waals surface area contributed by atoms with Crippen LogP contribution in [0, 0.1) is 11.6 Å². The lowest BCUT2D eigenvalue weighted by Gasteiger charge is -2.44. The molecule has 0 saturated heterocycles. The lowest BCUT2D eigenvalue weighted by atomic mass is 9.88. The van der Waals surface area contributed by atoms with Crippen LogP contribution in [0.2, 0.25) is 18.1 Å². The zero-order valence-corrected chi connectivity index (χ0v) is 22.2. The first-order valence-corrected chi connectivity index (χ1v) is 14.7. The minimum atomic E-state index is -2.04. The molecule has 2 aromatic carbocycles. The topological polar surface area (TPSA) is 29.5 Å². The summed E-state index contributed by atoms with van der Waals surface area (Å²) in [5.74, 6) is -1.68. The molecular weight excluding hydrogens is 492 g/mol. The van der Waals surface area contributed by atoms with Crippen LogP contribution in [-0.2, 0) is 22.1 Å². The van der Waals surface area contributed by atoms with Crippen molar-refractivity contribution in [3.05, 3.63) is 69.2 Å². The summed E-state index contributed by atoms with van der Waals surface area (Å²) < 4.78 is 36.0. The second kappa shape index (κ2) is 9.35. The summed E-state index contributed by atoms with van der Waals surface area (Å²) in [6.07, 6.45) is 0.310. The molecule has 0 N–H and O–H groups in total. The van der Waals surface area contributed by atoms with E-state index in [2.05, 4.69) is 49.8 Å². The number of amides is 1. The summed E-state index contributed by atoms with van der Waals surface area (Å²) >= 11 is 3.65. The van der Waals surface area contributed by atoms with Gasteiger partial charge >= 0.3 is 0 Å². The van der Waals surface area contributed by atoms with Crippen molar-refractivity contribution < 1.29 is 18.0 Å². The Morgan fingerprint density at radius 1 is 1.16 bits per heavy atom. The summed E-state index contributed by atoms with van der Waals surface area (Å²) in [4.78, 5) is 15.2. The van der Waals surface area contributed by atoms with Crippen LogP contribution in [0.1, 0.15) is 50.4 Å². The van der Waals surface area contributed by atoms with E-state index in [0.29, 0.717) is 13.0 Å². The van der Waals surface area contributed by atoms with Gasteiger partial charge in [-0.1, -0.05) is 54.9 Å². The summed E-state index contributed by atoms with van der Waals surface area (Å²) in [6, 6.07) is 9.21. The molecule has 0 radical (unpaired) electrons. The van der Waals surface area contributed by atoms with Gasteiger partial charge in [0, 0.05) is 10.0 Å². The van der Waals surface area contributed by atoms with Gasteiger partial charge in [-0.15, -0.1) is 0 Å². The van der Waals surface area contributed by atoms with Crippen molar-refractivity contribution in [3.63, 3.8) is 0 Å². The van der Waals surface area contributed by atoms with Gasteiger partial charge in [-0.25, -0.2) is 8.78 Å². The average molecular weight is 525 g/mol. The van der Waals surface area contributed by atoms with E-state index in [1.165, 1.54) is 18.2 Å². The maximum atomic E-state index is 14.3. The highest BCUT2D eigenvalue weighted by atomic mass is 79.9. The number of carbonyl (C=O) groups is 1. The van der Waals surface area contributed by atoms with Gasteiger partial charge in [0.15, 0.2) is 8.32 Å². The number of hydrogen-bond donors (Lipinski definition) is 0. The minimum absolute atomic E-state index is 0.0386. The molecule has 7 heteroatoms. The van der Waals surface area contributed by atoms with E-state index in [1.54, 1.807) is 4.90 Å². The third-order valence-corrected chi connectivity index (χ3v) is 12.2. The largest absolute Gasteiger partial charge is 0.415 e. The lowest BCUT2D eigenvalue weighted by molar-refractivity contribution is -0.137. The van der Waals surface area contributed by atoms with Crippen LogP contribution in [0.15, 0.2) is 40.9 Å². The van der Waals surface area contributed by atoms with Gasteiger partial charge in [-0.2, -0.15) is 0 Å². The zero-order valence-electron chi connectivity index (χ0n) is 19.6. The molecule has 0 saturated carbocycles. The van der Waals surface area contributed by atoms with E-state index >= 15 is 0 Å². The van der Waals surface area contributed by atoms with Crippen molar-refractivity contribution in [2.24, 2.45) is 0 Å². The SMILES string of the molecule is C[C@H]1c2cccc(Br)c2C[C@H](CO[Si](C)(C)C(C)(C)C)N1C(=O)Cc1c(F)cccc1F. The molecule has 0 aliphatic carbocycles. The molecule has 0 aromatic heterocycles. The second-order valence-corrected chi connectivity index (χ2v) is 15.8. The standard InChI is InChI=1S/C25H32BrF2NO2Si/c1-16-18-9-7-10-21(26)19(18)13-17(15-31-32(5,6)25(2,3)4)29(16)24(30)14-20-22(27)11-8-12-23(20)28/h7-12,16-17H,13-15H2,1-6H3/t16-,17+/m0/s1. The zero-order chi connectivity index (χ0) is 23.8. The smallest absolute Gasteiger partial charge is 0.228 e. The molecule has 3 nitrogen and oxygen atoms in total. The van der Waals surface area contributed by atoms with Gasteiger partial charge in [0.2, 0.25) is 5.91 Å². The Morgan fingerprint density at radius 2 is 1.75 bits per heavy atom. The van der Waals surface area contributed by atoms with Crippen LogP contribution in [0.5, 0.6) is 0 Å². The quantitative estimate of drug-likeness (QED) is 0.403. The highest BCUT2D eigenvalue weighted by Crippen LogP contribution is 2.40. The van der Waals surface area contributed by atoms with Crippen molar-refractivity contribution in [1.82, 2.24) is 4.90 Å². The van der Waals surface area contributed by atoms with Crippen LogP contribution in [0.25, 0.3) is 0 Å². The maximum absolute atomic E-state index is 14.3. The summed E-state index contributed by atoms with van der Waals surface area (Å²) in [5, 5.41) is 0.0386. The van der Waals surface area contributed by atoms with Gasteiger partial charge in [0.05, 0.1) is 25.1 Å². The third kappa shape index (κ3) is 5.00. The van der Waals surface area contributed by atoms with E-state index in [0.717, 1.165) is 15.6 Å². The second-order valence-electron chi connectivity index (χ2n) is 10.1. The molecule has 2 atom stereocenters. The van der Waals surface area contributed by atoms with Gasteiger partial charge in [-0.3, -0.25) is 4.79 Å². The van der Waals surface area contributed by atoms with Gasteiger partial charge in [0.1, 0.15) is 11.6 Å². The number of halogens is 3. The van der Waals surface area contributed by atoms with E-state index in [-0.39, 0.29) is 35.0 Å². The van der Waals surface area contributed by atoms with Crippen LogP contribution in [0.3, 0.4) is 0 Å². The lowest BCUT2D eigenvalue weighted by Crippen LogP contribution is -2.52. The molecule has 1 aliphatic rings. The molecule has 0 bridgehead atoms. The summed E-state index contributed by atoms with van der Waals surface area (Å²) in [6.45, 7) is 13.3. The molecule has 0 unspecified atom stereocenters. The van der Waals surface area contributed by atoms with Gasteiger partial charge < -0.3 is 9.33 Å². The molecule has 0 spiro atoms. The van der Waals surface area contributed by atoms with Gasteiger partial charge in [0.25, 0.3) is 0 Å². The van der Waals surface area contributed by atoms with Crippen molar-refractivity contribution in [1.29, 1.82) is 0 Å². The first kappa shape index (κ1) is 25.1. The van der Waals surface area contributed by atoms with Crippen LogP contribution >= 0.6 is 15.9 Å². The van der Waals surface area contributed by atoms with Crippen molar-refractivity contribution in [3.8, 4) is 0 Å². The Bertz CT molecular complexity index is 986. The Hall–Kier alpha value is -1.57. The average Bonchev–Trinajstić information content (AvgIpc) is 2.69. The number of fused-ring (bicyclic) bond motifs is 1. The predicted molar refractivity (Wildman–Crippen MR) is 130 cm³/mol. The van der Waals surface area contributed by atoms with Crippen LogP contribution < -0.4 is 0 Å². The molecular formula is C25H32BrF2NO2Si. The highest BCUT2D eigenvalue weighted by Gasteiger charge is 2.41. The van der Waals surface area contributed by atoms with Crippen molar-refractivity contribution in [2.75, 3.05) is 6.61 Å². The first-order valence-electron chi connectivity index (χ1n) is 11.0. The summed E-state index contributed by atoms with van der Waals surface area (Å²) in [5.41, 5.74) is 2.02. The Kier molecular flexibility index (Phi) is 7.32. The number of rotatable bonds is 5. The summed E-state index contributed by atoms with van der Waals surface area (Å²) in [7, 11) is -2.04. The molecule has 1 aliphatic heterocycles. The van der Waals surface area contributed by atoms with E-state index < -0.39 is 20.0 Å². The number of hydrogen-bond acceptors (Lipinski definition) is 2. The molecule has 2 aromatic rings. The normalized spacial score (nSPS) is 19.1. The number of nitrogens with zero attached hydrogens (tertiary/aromatic N) is 1. The molecule has 1 amide bonds. The van der Waals surface area contributed by atoms with Gasteiger partial charge in [-0.05, 0) is 60.8 Å². The minimum Gasteiger partial charge on any atom is -0.415 e. The molecule has 174 valence electrons. The fourth-order valence-corrected chi connectivity index (χ4v) is 5.59. The monoisotopic (exact) mass is 523 g/mol. The Labute approximate surface area is 199 Å². The predicted octanol–water partition coefficient (Wildman–Crippen LogP) is 6.81.